The lowest BCUT2D eigenvalue weighted by Crippen LogP contribution is -2.12. The molecule has 0 N–H and O–H groups in total. The zero-order valence-corrected chi connectivity index (χ0v) is 26.2. The van der Waals surface area contributed by atoms with E-state index in [-0.39, 0.29) is 18.1 Å². The number of hydrogen-bond donors (Lipinski definition) is 0. The van der Waals surface area contributed by atoms with E-state index < -0.39 is 5.25 Å². The highest BCUT2D eigenvalue weighted by Crippen LogP contribution is 2.43. The van der Waals surface area contributed by atoms with Crippen molar-refractivity contribution < 1.29 is 14.4 Å². The lowest BCUT2D eigenvalue weighted by molar-refractivity contribution is -0.479. The Balaban J connectivity index is 1.68. The van der Waals surface area contributed by atoms with Gasteiger partial charge in [0.2, 0.25) is 6.54 Å². The quantitative estimate of drug-likeness (QED) is 0.0903. The molecule has 0 bridgehead atoms. The van der Waals surface area contributed by atoms with Gasteiger partial charge in [0, 0.05) is 26.2 Å². The topological polar surface area (TPSA) is 92.3 Å². The zero-order valence-electron chi connectivity index (χ0n) is 22.3. The molecule has 0 aliphatic heterocycles. The average Bonchev–Trinajstić information content (AvgIpc) is 3.25. The van der Waals surface area contributed by atoms with E-state index in [0.29, 0.717) is 49.2 Å². The molecule has 210 valence electrons. The summed E-state index contributed by atoms with van der Waals surface area (Å²) in [6.45, 7) is 8.03. The molecule has 1 heterocycles. The Morgan fingerprint density at radius 1 is 1.05 bits per heavy atom. The predicted molar refractivity (Wildman–Crippen MR) is 162 cm³/mol. The number of nitro groups is 1. The summed E-state index contributed by atoms with van der Waals surface area (Å²) in [5.74, 6) is 1.61. The van der Waals surface area contributed by atoms with Crippen LogP contribution in [0.15, 0.2) is 58.2 Å². The van der Waals surface area contributed by atoms with Crippen LogP contribution in [0, 0.1) is 30.9 Å². The van der Waals surface area contributed by atoms with Crippen LogP contribution in [-0.4, -0.2) is 32.8 Å². The fourth-order valence-electron chi connectivity index (χ4n) is 4.02. The first-order valence-electron chi connectivity index (χ1n) is 12.4. The van der Waals surface area contributed by atoms with Crippen LogP contribution in [-0.2, 0) is 6.61 Å². The third-order valence-electron chi connectivity index (χ3n) is 6.20. The van der Waals surface area contributed by atoms with E-state index >= 15 is 0 Å². The van der Waals surface area contributed by atoms with Gasteiger partial charge in [-0.15, -0.1) is 10.2 Å². The molecule has 8 nitrogen and oxygen atoms in total. The van der Waals surface area contributed by atoms with Crippen LogP contribution >= 0.6 is 50.9 Å². The van der Waals surface area contributed by atoms with Crippen LogP contribution in [0.1, 0.15) is 40.3 Å². The molecule has 1 atom stereocenters. The van der Waals surface area contributed by atoms with Crippen LogP contribution < -0.4 is 9.47 Å². The molecule has 0 spiro atoms. The van der Waals surface area contributed by atoms with Crippen molar-refractivity contribution in [3.8, 4) is 17.2 Å². The maximum absolute atomic E-state index is 11.8. The number of rotatable bonds is 11. The summed E-state index contributed by atoms with van der Waals surface area (Å²) in [6, 6.07) is 14.9. The summed E-state index contributed by atoms with van der Waals surface area (Å²) in [7, 11) is 0. The largest absolute Gasteiger partial charge is 0.490 e. The molecule has 0 unspecified atom stereocenters. The summed E-state index contributed by atoms with van der Waals surface area (Å²) in [4.78, 5) is 11.4. The number of aromatic nitrogens is 3. The molecule has 0 radical (unpaired) electrons. The van der Waals surface area contributed by atoms with Gasteiger partial charge in [-0.3, -0.25) is 14.7 Å². The Labute approximate surface area is 255 Å². The van der Waals surface area contributed by atoms with Gasteiger partial charge in [0.1, 0.15) is 17.7 Å². The van der Waals surface area contributed by atoms with Crippen molar-refractivity contribution >= 4 is 50.9 Å². The second-order valence-corrected chi connectivity index (χ2v) is 11.9. The molecule has 0 saturated carbocycles. The molecule has 40 heavy (non-hydrogen) atoms. The molecule has 12 heteroatoms. The van der Waals surface area contributed by atoms with Crippen molar-refractivity contribution in [3.05, 3.63) is 101 Å². The fourth-order valence-corrected chi connectivity index (χ4v) is 6.21. The van der Waals surface area contributed by atoms with E-state index in [2.05, 4.69) is 32.2 Å². The molecule has 4 aromatic rings. The summed E-state index contributed by atoms with van der Waals surface area (Å²) in [5.41, 5.74) is 4.63. The number of thioether (sulfide) groups is 1. The highest BCUT2D eigenvalue weighted by molar-refractivity contribution is 9.10. The Morgan fingerprint density at radius 3 is 2.50 bits per heavy atom. The Bertz CT molecular complexity index is 1550. The molecule has 0 aliphatic carbocycles. The van der Waals surface area contributed by atoms with E-state index in [9.17, 15) is 10.1 Å². The second-order valence-electron chi connectivity index (χ2n) is 9.04. The molecular weight excluding hydrogens is 639 g/mol. The Morgan fingerprint density at radius 2 is 1.82 bits per heavy atom. The number of aryl methyl sites for hydroxylation is 3. The van der Waals surface area contributed by atoms with Crippen molar-refractivity contribution in [2.45, 2.75) is 44.7 Å². The standard InChI is InChI=1S/C28H27BrCl2N4O4S/c1-5-38-25-12-20(11-23(29)27(25)39-15-19-7-8-21(30)13-24(19)31)26(14-34(36)37)40-28-33-32-18(4)35(28)22-9-6-16(2)17(3)10-22/h6-13,26H,5,14-15H2,1-4H3/t26-/m0/s1. The minimum atomic E-state index is -0.584. The predicted octanol–water partition coefficient (Wildman–Crippen LogP) is 8.35. The fraction of sp³-hybridized carbons (Fsp3) is 0.286. The molecule has 4 rings (SSSR count). The minimum Gasteiger partial charge on any atom is -0.490 e. The van der Waals surface area contributed by atoms with E-state index in [1.54, 1.807) is 24.3 Å². The van der Waals surface area contributed by atoms with Crippen molar-refractivity contribution in [2.24, 2.45) is 0 Å². The lowest BCUT2D eigenvalue weighted by Gasteiger charge is -2.19. The lowest BCUT2D eigenvalue weighted by atomic mass is 10.1. The number of hydrogen-bond acceptors (Lipinski definition) is 7. The van der Waals surface area contributed by atoms with Crippen molar-refractivity contribution in [1.29, 1.82) is 0 Å². The summed E-state index contributed by atoms with van der Waals surface area (Å²) >= 11 is 17.2. The smallest absolute Gasteiger partial charge is 0.220 e. The average molecular weight is 666 g/mol. The van der Waals surface area contributed by atoms with Crippen molar-refractivity contribution in [3.63, 3.8) is 0 Å². The number of nitrogens with zero attached hydrogens (tertiary/aromatic N) is 4. The van der Waals surface area contributed by atoms with Crippen LogP contribution in [0.4, 0.5) is 0 Å². The first-order valence-corrected chi connectivity index (χ1v) is 14.8. The molecule has 0 aliphatic rings. The Kier molecular flexibility index (Phi) is 9.99. The van der Waals surface area contributed by atoms with Gasteiger partial charge in [-0.25, -0.2) is 0 Å². The first kappa shape index (κ1) is 30.2. The number of benzene rings is 3. The second kappa shape index (κ2) is 13.2. The summed E-state index contributed by atoms with van der Waals surface area (Å²) in [5, 5.41) is 21.4. The highest BCUT2D eigenvalue weighted by Gasteiger charge is 2.26. The van der Waals surface area contributed by atoms with Crippen LogP contribution in [0.3, 0.4) is 0 Å². The van der Waals surface area contributed by atoms with Crippen molar-refractivity contribution in [2.75, 3.05) is 13.2 Å². The molecule has 3 aromatic carbocycles. The number of ether oxygens (including phenoxy) is 2. The maximum Gasteiger partial charge on any atom is 0.220 e. The summed E-state index contributed by atoms with van der Waals surface area (Å²) < 4.78 is 14.5. The van der Waals surface area contributed by atoms with Gasteiger partial charge in [-0.2, -0.15) is 0 Å². The van der Waals surface area contributed by atoms with Gasteiger partial charge >= 0.3 is 0 Å². The van der Waals surface area contributed by atoms with Gasteiger partial charge < -0.3 is 9.47 Å². The third-order valence-corrected chi connectivity index (χ3v) is 8.55. The van der Waals surface area contributed by atoms with Crippen molar-refractivity contribution in [1.82, 2.24) is 14.8 Å². The molecule has 0 fully saturated rings. The van der Waals surface area contributed by atoms with E-state index in [1.165, 1.54) is 17.3 Å². The zero-order chi connectivity index (χ0) is 29.0. The molecule has 1 aromatic heterocycles. The normalized spacial score (nSPS) is 11.9. The first-order chi connectivity index (χ1) is 19.1. The van der Waals surface area contributed by atoms with Gasteiger partial charge in [0.25, 0.3) is 0 Å². The highest BCUT2D eigenvalue weighted by atomic mass is 79.9. The van der Waals surface area contributed by atoms with Gasteiger partial charge in [0.15, 0.2) is 16.7 Å². The summed E-state index contributed by atoms with van der Waals surface area (Å²) in [6.07, 6.45) is 0. The van der Waals surface area contributed by atoms with Gasteiger partial charge in [-0.05, 0) is 96.7 Å². The van der Waals surface area contributed by atoms with E-state index in [0.717, 1.165) is 16.8 Å². The van der Waals surface area contributed by atoms with E-state index in [1.807, 2.05) is 50.5 Å². The SMILES string of the molecule is CCOc1cc([C@H](C[N+](=O)[O-])Sc2nnc(C)n2-c2ccc(C)c(C)c2)cc(Br)c1OCc1ccc(Cl)cc1Cl. The van der Waals surface area contributed by atoms with Gasteiger partial charge in [0.05, 0.1) is 11.1 Å². The number of halogens is 3. The Hall–Kier alpha value is -2.79. The maximum atomic E-state index is 11.8. The molecule has 0 amide bonds. The molecular formula is C28H27BrCl2N4O4S. The monoisotopic (exact) mass is 664 g/mol. The minimum absolute atomic E-state index is 0.180. The van der Waals surface area contributed by atoms with Crippen LogP contribution in [0.2, 0.25) is 10.0 Å². The van der Waals surface area contributed by atoms with Crippen LogP contribution in [0.5, 0.6) is 11.5 Å². The van der Waals surface area contributed by atoms with Crippen LogP contribution in [0.25, 0.3) is 5.69 Å². The van der Waals surface area contributed by atoms with Gasteiger partial charge in [-0.1, -0.05) is 47.1 Å². The third kappa shape index (κ3) is 7.09. The molecule has 0 saturated heterocycles. The van der Waals surface area contributed by atoms with E-state index in [4.69, 9.17) is 32.7 Å².